The Morgan fingerprint density at radius 2 is 2.08 bits per heavy atom. The van der Waals surface area contributed by atoms with Crippen LogP contribution in [0.15, 0.2) is 0 Å². The Balaban J connectivity index is 2.55. The van der Waals surface area contributed by atoms with E-state index in [-0.39, 0.29) is 6.04 Å². The highest BCUT2D eigenvalue weighted by molar-refractivity contribution is 8.00. The van der Waals surface area contributed by atoms with E-state index in [2.05, 4.69) is 6.92 Å². The lowest BCUT2D eigenvalue weighted by molar-refractivity contribution is 0.363. The van der Waals surface area contributed by atoms with E-state index in [1.54, 1.807) is 7.05 Å². The zero-order valence-electron chi connectivity index (χ0n) is 7.93. The smallest absolute Gasteiger partial charge is 0.216 e. The maximum atomic E-state index is 11.0. The van der Waals surface area contributed by atoms with Gasteiger partial charge in [0.1, 0.15) is 0 Å². The quantitative estimate of drug-likeness (QED) is 0.738. The van der Waals surface area contributed by atoms with Crippen LogP contribution in [-0.4, -0.2) is 36.8 Å². The summed E-state index contributed by atoms with van der Waals surface area (Å²) in [6, 6.07) is 0.0798. The maximum Gasteiger partial charge on any atom is 0.276 e. The summed E-state index contributed by atoms with van der Waals surface area (Å²) in [5, 5.41) is 5.68. The Morgan fingerprint density at radius 3 is 2.46 bits per heavy atom. The zero-order chi connectivity index (χ0) is 10.1. The summed E-state index contributed by atoms with van der Waals surface area (Å²) in [5.41, 5.74) is 0. The fourth-order valence-electron chi connectivity index (χ4n) is 1.36. The van der Waals surface area contributed by atoms with Gasteiger partial charge >= 0.3 is 0 Å². The highest BCUT2D eigenvalue weighted by Gasteiger charge is 2.27. The number of nitrogens with zero attached hydrogens (tertiary/aromatic N) is 1. The van der Waals surface area contributed by atoms with Crippen LogP contribution < -0.4 is 5.14 Å². The molecule has 78 valence electrons. The molecule has 4 nitrogen and oxygen atoms in total. The Labute approximate surface area is 84.0 Å². The SMILES string of the molecule is CC1CCC(N(C)S(N)(=O)=O)CS1. The first-order valence-electron chi connectivity index (χ1n) is 4.28. The first-order valence-corrected chi connectivity index (χ1v) is 6.84. The lowest BCUT2D eigenvalue weighted by Gasteiger charge is -2.31. The molecule has 0 bridgehead atoms. The average Bonchev–Trinajstić information content (AvgIpc) is 2.03. The van der Waals surface area contributed by atoms with Gasteiger partial charge in [0.25, 0.3) is 10.2 Å². The largest absolute Gasteiger partial charge is 0.276 e. The molecule has 0 spiro atoms. The molecule has 1 aliphatic rings. The fraction of sp³-hybridized carbons (Fsp3) is 1.00. The topological polar surface area (TPSA) is 63.4 Å². The molecular formula is C7H16N2O2S2. The van der Waals surface area contributed by atoms with E-state index in [0.717, 1.165) is 18.6 Å². The lowest BCUT2D eigenvalue weighted by Crippen LogP contribution is -2.44. The number of thioether (sulfide) groups is 1. The molecular weight excluding hydrogens is 208 g/mol. The molecule has 0 aromatic carbocycles. The van der Waals surface area contributed by atoms with Crippen LogP contribution in [0.5, 0.6) is 0 Å². The second-order valence-electron chi connectivity index (χ2n) is 3.44. The van der Waals surface area contributed by atoms with Gasteiger partial charge in [-0.25, -0.2) is 5.14 Å². The highest BCUT2D eigenvalue weighted by Crippen LogP contribution is 2.27. The lowest BCUT2D eigenvalue weighted by atomic mass is 10.1. The average molecular weight is 224 g/mol. The van der Waals surface area contributed by atoms with Gasteiger partial charge in [-0.1, -0.05) is 6.92 Å². The van der Waals surface area contributed by atoms with Gasteiger partial charge in [-0.2, -0.15) is 24.5 Å². The minimum Gasteiger partial charge on any atom is -0.216 e. The molecule has 2 N–H and O–H groups in total. The van der Waals surface area contributed by atoms with Crippen LogP contribution in [0, 0.1) is 0 Å². The summed E-state index contributed by atoms with van der Waals surface area (Å²) in [6.07, 6.45) is 1.98. The van der Waals surface area contributed by atoms with E-state index in [1.165, 1.54) is 4.31 Å². The Hall–Kier alpha value is 0.220. The first-order chi connectivity index (χ1) is 5.91. The summed E-state index contributed by atoms with van der Waals surface area (Å²) < 4.78 is 23.3. The second kappa shape index (κ2) is 4.16. The van der Waals surface area contributed by atoms with Crippen molar-refractivity contribution in [3.63, 3.8) is 0 Å². The van der Waals surface area contributed by atoms with Crippen LogP contribution in [0.1, 0.15) is 19.8 Å². The van der Waals surface area contributed by atoms with E-state index >= 15 is 0 Å². The number of hydrogen-bond acceptors (Lipinski definition) is 3. The summed E-state index contributed by atoms with van der Waals surface area (Å²) in [4.78, 5) is 0. The summed E-state index contributed by atoms with van der Waals surface area (Å²) in [7, 11) is -1.95. The van der Waals surface area contributed by atoms with Gasteiger partial charge < -0.3 is 0 Å². The molecule has 0 amide bonds. The molecule has 1 rings (SSSR count). The van der Waals surface area contributed by atoms with Gasteiger partial charge in [-0.15, -0.1) is 0 Å². The minimum absolute atomic E-state index is 0.0798. The third-order valence-electron chi connectivity index (χ3n) is 2.40. The predicted octanol–water partition coefficient (Wildman–Crippen LogP) is 0.406. The van der Waals surface area contributed by atoms with Crippen LogP contribution >= 0.6 is 11.8 Å². The van der Waals surface area contributed by atoms with Gasteiger partial charge in [0.15, 0.2) is 0 Å². The molecule has 0 aromatic heterocycles. The highest BCUT2D eigenvalue weighted by atomic mass is 32.2. The van der Waals surface area contributed by atoms with Gasteiger partial charge in [-0.05, 0) is 12.8 Å². The second-order valence-corrected chi connectivity index (χ2v) is 6.51. The van der Waals surface area contributed by atoms with Crippen LogP contribution in [0.4, 0.5) is 0 Å². The van der Waals surface area contributed by atoms with Gasteiger partial charge in [0.2, 0.25) is 0 Å². The molecule has 2 unspecified atom stereocenters. The van der Waals surface area contributed by atoms with E-state index in [9.17, 15) is 8.42 Å². The van der Waals surface area contributed by atoms with Crippen molar-refractivity contribution in [2.24, 2.45) is 5.14 Å². The Morgan fingerprint density at radius 1 is 1.46 bits per heavy atom. The molecule has 0 aliphatic carbocycles. The van der Waals surface area contributed by atoms with Gasteiger partial charge in [0, 0.05) is 24.1 Å². The van der Waals surface area contributed by atoms with E-state index in [4.69, 9.17) is 5.14 Å². The van der Waals surface area contributed by atoms with Crippen molar-refractivity contribution in [2.45, 2.75) is 31.1 Å². The molecule has 0 aromatic rings. The van der Waals surface area contributed by atoms with Crippen molar-refractivity contribution in [1.82, 2.24) is 4.31 Å². The summed E-state index contributed by atoms with van der Waals surface area (Å²) >= 11 is 1.81. The molecule has 1 saturated heterocycles. The molecule has 1 aliphatic heterocycles. The summed E-state index contributed by atoms with van der Waals surface area (Å²) in [5.74, 6) is 0.855. The van der Waals surface area contributed by atoms with Crippen molar-refractivity contribution in [3.8, 4) is 0 Å². The maximum absolute atomic E-state index is 11.0. The first kappa shape index (κ1) is 11.3. The van der Waals surface area contributed by atoms with Crippen molar-refractivity contribution >= 4 is 22.0 Å². The van der Waals surface area contributed by atoms with E-state index < -0.39 is 10.2 Å². The zero-order valence-corrected chi connectivity index (χ0v) is 9.57. The molecule has 1 fully saturated rings. The fourth-order valence-corrected chi connectivity index (χ4v) is 3.30. The van der Waals surface area contributed by atoms with Crippen molar-refractivity contribution in [2.75, 3.05) is 12.8 Å². The standard InChI is InChI=1S/C7H16N2O2S2/c1-6-3-4-7(5-12-6)9(2)13(8,10)11/h6-7H,3-5H2,1-2H3,(H2,8,10,11). The predicted molar refractivity (Wildman–Crippen MR) is 55.8 cm³/mol. The normalized spacial score (nSPS) is 30.8. The monoisotopic (exact) mass is 224 g/mol. The number of hydrogen-bond donors (Lipinski definition) is 1. The number of rotatable bonds is 2. The van der Waals surface area contributed by atoms with Crippen LogP contribution in [0.2, 0.25) is 0 Å². The van der Waals surface area contributed by atoms with E-state index in [1.807, 2.05) is 11.8 Å². The van der Waals surface area contributed by atoms with Gasteiger partial charge in [-0.3, -0.25) is 0 Å². The van der Waals surface area contributed by atoms with Crippen molar-refractivity contribution in [1.29, 1.82) is 0 Å². The minimum atomic E-state index is -3.50. The summed E-state index contributed by atoms with van der Waals surface area (Å²) in [6.45, 7) is 2.16. The van der Waals surface area contributed by atoms with Crippen LogP contribution in [-0.2, 0) is 10.2 Å². The molecule has 1 heterocycles. The van der Waals surface area contributed by atoms with Crippen molar-refractivity contribution in [3.05, 3.63) is 0 Å². The number of nitrogens with two attached hydrogens (primary N) is 1. The van der Waals surface area contributed by atoms with E-state index in [0.29, 0.717) is 5.25 Å². The van der Waals surface area contributed by atoms with Crippen molar-refractivity contribution < 1.29 is 8.42 Å². The van der Waals surface area contributed by atoms with Crippen LogP contribution in [0.25, 0.3) is 0 Å². The Kier molecular flexibility index (Phi) is 3.62. The molecule has 2 atom stereocenters. The van der Waals surface area contributed by atoms with Crippen LogP contribution in [0.3, 0.4) is 0 Å². The van der Waals surface area contributed by atoms with Gasteiger partial charge in [0.05, 0.1) is 0 Å². The Bertz CT molecular complexity index is 258. The molecule has 6 heteroatoms. The molecule has 0 radical (unpaired) electrons. The third-order valence-corrected chi connectivity index (χ3v) is 4.88. The third kappa shape index (κ3) is 3.12. The molecule has 0 saturated carbocycles. The molecule has 13 heavy (non-hydrogen) atoms.